The Bertz CT molecular complexity index is 522. The van der Waals surface area contributed by atoms with Gasteiger partial charge in [-0.1, -0.05) is 0 Å². The zero-order valence-corrected chi connectivity index (χ0v) is 10.4. The smallest absolute Gasteiger partial charge is 0.313 e. The lowest BCUT2D eigenvalue weighted by Crippen LogP contribution is -2.49. The van der Waals surface area contributed by atoms with Crippen molar-refractivity contribution >= 4 is 17.5 Å². The maximum absolute atomic E-state index is 13.0. The summed E-state index contributed by atoms with van der Waals surface area (Å²) in [6, 6.07) is 1.22. The lowest BCUT2D eigenvalue weighted by molar-refractivity contribution is -0.143. The van der Waals surface area contributed by atoms with Crippen molar-refractivity contribution < 1.29 is 22.8 Å². The second kappa shape index (κ2) is 5.91. The summed E-state index contributed by atoms with van der Waals surface area (Å²) < 4.78 is 38.7. The van der Waals surface area contributed by atoms with Crippen molar-refractivity contribution in [1.82, 2.24) is 10.2 Å². The fourth-order valence-electron chi connectivity index (χ4n) is 1.82. The topological polar surface area (TPSA) is 61.4 Å². The highest BCUT2D eigenvalue weighted by Crippen LogP contribution is 2.17. The average molecular weight is 287 g/mol. The third kappa shape index (κ3) is 3.08. The van der Waals surface area contributed by atoms with Gasteiger partial charge in [-0.15, -0.1) is 0 Å². The molecule has 1 aliphatic heterocycles. The Morgan fingerprint density at radius 1 is 1.10 bits per heavy atom. The van der Waals surface area contributed by atoms with Gasteiger partial charge in [0.05, 0.1) is 0 Å². The Morgan fingerprint density at radius 3 is 2.20 bits per heavy atom. The van der Waals surface area contributed by atoms with Crippen molar-refractivity contribution in [3.05, 3.63) is 29.6 Å². The van der Waals surface area contributed by atoms with Crippen molar-refractivity contribution in [1.29, 1.82) is 0 Å². The molecule has 8 heteroatoms. The highest BCUT2D eigenvalue weighted by molar-refractivity contribution is 6.39. The van der Waals surface area contributed by atoms with E-state index in [1.54, 1.807) is 0 Å². The van der Waals surface area contributed by atoms with Crippen molar-refractivity contribution in [2.24, 2.45) is 0 Å². The van der Waals surface area contributed by atoms with Crippen LogP contribution in [0.4, 0.5) is 18.9 Å². The Balaban J connectivity index is 2.05. The Labute approximate surface area is 112 Å². The maximum Gasteiger partial charge on any atom is 0.313 e. The van der Waals surface area contributed by atoms with Crippen LogP contribution in [-0.2, 0) is 9.59 Å². The van der Waals surface area contributed by atoms with Gasteiger partial charge in [0.25, 0.3) is 0 Å². The summed E-state index contributed by atoms with van der Waals surface area (Å²) in [5, 5.41) is 5.06. The molecule has 1 saturated heterocycles. The predicted molar refractivity (Wildman–Crippen MR) is 64.4 cm³/mol. The van der Waals surface area contributed by atoms with Gasteiger partial charge in [0.15, 0.2) is 17.5 Å². The van der Waals surface area contributed by atoms with E-state index < -0.39 is 29.3 Å². The third-order valence-electron chi connectivity index (χ3n) is 2.84. The number of nitrogens with one attached hydrogen (secondary N) is 2. The zero-order chi connectivity index (χ0) is 14.7. The first kappa shape index (κ1) is 14.3. The number of halogens is 3. The lowest BCUT2D eigenvalue weighted by atomic mass is 10.2. The fraction of sp³-hybridized carbons (Fsp3) is 0.333. The Hall–Kier alpha value is -2.09. The van der Waals surface area contributed by atoms with Crippen molar-refractivity contribution in [3.63, 3.8) is 0 Å². The minimum absolute atomic E-state index is 0.310. The molecule has 0 saturated carbocycles. The summed E-state index contributed by atoms with van der Waals surface area (Å²) in [5.41, 5.74) is -0.310. The monoisotopic (exact) mass is 287 g/mol. The summed E-state index contributed by atoms with van der Waals surface area (Å²) >= 11 is 0. The van der Waals surface area contributed by atoms with Gasteiger partial charge in [-0.2, -0.15) is 0 Å². The molecule has 108 valence electrons. The van der Waals surface area contributed by atoms with E-state index in [-0.39, 0.29) is 5.69 Å². The van der Waals surface area contributed by atoms with Crippen LogP contribution < -0.4 is 10.6 Å². The second-order valence-corrected chi connectivity index (χ2v) is 4.25. The minimum Gasteiger partial charge on any atom is -0.332 e. The molecule has 1 aromatic rings. The number of carbonyl (C=O) groups is 2. The van der Waals surface area contributed by atoms with Crippen LogP contribution in [0, 0.1) is 17.5 Å². The first-order chi connectivity index (χ1) is 9.49. The molecule has 5 nitrogen and oxygen atoms in total. The quantitative estimate of drug-likeness (QED) is 0.583. The van der Waals surface area contributed by atoms with Gasteiger partial charge in [-0.25, -0.2) is 13.2 Å². The Kier molecular flexibility index (Phi) is 4.23. The Morgan fingerprint density at radius 2 is 1.65 bits per heavy atom. The van der Waals surface area contributed by atoms with E-state index in [9.17, 15) is 22.8 Å². The van der Waals surface area contributed by atoms with Crippen LogP contribution in [0.2, 0.25) is 0 Å². The number of hydrogen-bond donors (Lipinski definition) is 2. The van der Waals surface area contributed by atoms with Crippen molar-refractivity contribution in [3.8, 4) is 0 Å². The number of hydrogen-bond acceptors (Lipinski definition) is 3. The molecule has 0 unspecified atom stereocenters. The molecule has 1 aromatic carbocycles. The molecular formula is C12H12F3N3O2. The standard InChI is InChI=1S/C12H12F3N3O2/c13-8-5-7(6-9(14)10(8)15)17-11(19)12(20)18-3-1-16-2-4-18/h5-6,16H,1-4H2,(H,17,19). The molecule has 0 aromatic heterocycles. The molecule has 0 atom stereocenters. The summed E-state index contributed by atoms with van der Waals surface area (Å²) in [4.78, 5) is 24.7. The summed E-state index contributed by atoms with van der Waals surface area (Å²) in [5.74, 6) is -6.31. The molecule has 2 amide bonds. The molecule has 0 aliphatic carbocycles. The van der Waals surface area contributed by atoms with Gasteiger partial charge in [-0.3, -0.25) is 9.59 Å². The first-order valence-corrected chi connectivity index (χ1v) is 5.94. The third-order valence-corrected chi connectivity index (χ3v) is 2.84. The number of piperazine rings is 1. The predicted octanol–water partition coefficient (Wildman–Crippen LogP) is 0.474. The fourth-order valence-corrected chi connectivity index (χ4v) is 1.82. The lowest BCUT2D eigenvalue weighted by Gasteiger charge is -2.26. The van der Waals surface area contributed by atoms with E-state index in [1.165, 1.54) is 4.90 Å². The van der Waals surface area contributed by atoms with Crippen LogP contribution in [0.15, 0.2) is 12.1 Å². The van der Waals surface area contributed by atoms with E-state index >= 15 is 0 Å². The summed E-state index contributed by atoms with van der Waals surface area (Å²) in [7, 11) is 0. The van der Waals surface area contributed by atoms with Gasteiger partial charge in [0, 0.05) is 44.0 Å². The van der Waals surface area contributed by atoms with Crippen LogP contribution in [0.3, 0.4) is 0 Å². The molecule has 2 N–H and O–H groups in total. The normalized spacial score (nSPS) is 15.1. The van der Waals surface area contributed by atoms with E-state index in [1.807, 2.05) is 0 Å². The SMILES string of the molecule is O=C(Nc1cc(F)c(F)c(F)c1)C(=O)N1CCNCC1. The molecule has 1 heterocycles. The average Bonchev–Trinajstić information content (AvgIpc) is 2.44. The van der Waals surface area contributed by atoms with E-state index in [0.717, 1.165) is 0 Å². The zero-order valence-electron chi connectivity index (χ0n) is 10.4. The highest BCUT2D eigenvalue weighted by atomic mass is 19.2. The van der Waals surface area contributed by atoms with Crippen molar-refractivity contribution in [2.75, 3.05) is 31.5 Å². The second-order valence-electron chi connectivity index (χ2n) is 4.25. The molecule has 1 fully saturated rings. The van der Waals surface area contributed by atoms with Crippen LogP contribution in [0.1, 0.15) is 0 Å². The number of rotatable bonds is 1. The van der Waals surface area contributed by atoms with E-state index in [4.69, 9.17) is 0 Å². The largest absolute Gasteiger partial charge is 0.332 e. The molecule has 2 rings (SSSR count). The van der Waals surface area contributed by atoms with Crippen LogP contribution in [0.25, 0.3) is 0 Å². The minimum atomic E-state index is -1.63. The molecule has 20 heavy (non-hydrogen) atoms. The molecule has 0 bridgehead atoms. The molecular weight excluding hydrogens is 275 g/mol. The van der Waals surface area contributed by atoms with Gasteiger partial charge in [-0.05, 0) is 0 Å². The molecule has 1 aliphatic rings. The number of benzene rings is 1. The van der Waals surface area contributed by atoms with Gasteiger partial charge < -0.3 is 15.5 Å². The molecule has 0 radical (unpaired) electrons. The maximum atomic E-state index is 13.0. The number of carbonyl (C=O) groups excluding carboxylic acids is 2. The first-order valence-electron chi connectivity index (χ1n) is 5.94. The number of amides is 2. The van der Waals surface area contributed by atoms with Crippen molar-refractivity contribution in [2.45, 2.75) is 0 Å². The summed E-state index contributed by atoms with van der Waals surface area (Å²) in [6.07, 6.45) is 0. The highest BCUT2D eigenvalue weighted by Gasteiger charge is 2.23. The van der Waals surface area contributed by atoms with Crippen LogP contribution in [-0.4, -0.2) is 42.9 Å². The van der Waals surface area contributed by atoms with E-state index in [0.29, 0.717) is 38.3 Å². The summed E-state index contributed by atoms with van der Waals surface area (Å²) in [6.45, 7) is 1.88. The van der Waals surface area contributed by atoms with E-state index in [2.05, 4.69) is 10.6 Å². The van der Waals surface area contributed by atoms with Crippen LogP contribution >= 0.6 is 0 Å². The van der Waals surface area contributed by atoms with Gasteiger partial charge in [0.2, 0.25) is 0 Å². The van der Waals surface area contributed by atoms with Gasteiger partial charge >= 0.3 is 11.8 Å². The van der Waals surface area contributed by atoms with Crippen LogP contribution in [0.5, 0.6) is 0 Å². The number of nitrogens with zero attached hydrogens (tertiary/aromatic N) is 1. The van der Waals surface area contributed by atoms with Gasteiger partial charge in [0.1, 0.15) is 0 Å². The number of anilines is 1. The molecule has 0 spiro atoms.